The van der Waals surface area contributed by atoms with E-state index in [0.29, 0.717) is 0 Å². The fourth-order valence-electron chi connectivity index (χ4n) is 8.42. The Morgan fingerprint density at radius 3 is 1.60 bits per heavy atom. The summed E-state index contributed by atoms with van der Waals surface area (Å²) in [5.74, 6) is 0.847. The Bertz CT molecular complexity index is 3100. The Balaban J connectivity index is 1.19. The first-order valence-electron chi connectivity index (χ1n) is 17.8. The summed E-state index contributed by atoms with van der Waals surface area (Å²) in [6, 6.07) is 64.8. The molecule has 2 nitrogen and oxygen atoms in total. The predicted octanol–water partition coefficient (Wildman–Crippen LogP) is 14.5. The van der Waals surface area contributed by atoms with Gasteiger partial charge in [-0.05, 0) is 84.4 Å². The van der Waals surface area contributed by atoms with Crippen molar-refractivity contribution in [2.45, 2.75) is 0 Å². The first kappa shape index (κ1) is 28.9. The van der Waals surface area contributed by atoms with Crippen LogP contribution in [0.1, 0.15) is 0 Å². The number of rotatable bonds is 4. The molecule has 0 amide bonds. The van der Waals surface area contributed by atoms with Crippen molar-refractivity contribution in [3.63, 3.8) is 0 Å². The van der Waals surface area contributed by atoms with E-state index in [2.05, 4.69) is 170 Å². The van der Waals surface area contributed by atoms with Gasteiger partial charge >= 0.3 is 0 Å². The topological polar surface area (TPSA) is 26.3 Å². The molecule has 0 N–H and O–H groups in total. The van der Waals surface area contributed by atoms with Gasteiger partial charge in [-0.1, -0.05) is 158 Å². The van der Waals surface area contributed by atoms with Gasteiger partial charge in [0, 0.05) is 21.9 Å². The maximum Gasteiger partial charge on any atom is 0.147 e. The van der Waals surface area contributed by atoms with Gasteiger partial charge in [0.05, 0.1) is 5.39 Å². The molecule has 0 fully saturated rings. The highest BCUT2D eigenvalue weighted by Gasteiger charge is 2.24. The molecule has 0 saturated carbocycles. The average Bonchev–Trinajstić information content (AvgIpc) is 3.79. The normalized spacial score (nSPS) is 11.8. The summed E-state index contributed by atoms with van der Waals surface area (Å²) in [5.41, 5.74) is 10.6. The first-order valence-corrected chi connectivity index (χ1v) is 17.8. The van der Waals surface area contributed by atoms with Crippen molar-refractivity contribution in [3.8, 4) is 44.7 Å². The van der Waals surface area contributed by atoms with Crippen LogP contribution in [-0.2, 0) is 0 Å². The summed E-state index contributed by atoms with van der Waals surface area (Å²) >= 11 is 0. The van der Waals surface area contributed by atoms with Gasteiger partial charge in [-0.15, -0.1) is 0 Å². The zero-order valence-electron chi connectivity index (χ0n) is 28.1. The van der Waals surface area contributed by atoms with E-state index in [-0.39, 0.29) is 0 Å². The van der Waals surface area contributed by atoms with Gasteiger partial charge in [-0.2, -0.15) is 0 Å². The highest BCUT2D eigenvalue weighted by atomic mass is 16.3. The molecule has 11 rings (SSSR count). The Morgan fingerprint density at radius 1 is 0.308 bits per heavy atom. The van der Waals surface area contributed by atoms with Crippen LogP contribution in [0.5, 0.6) is 0 Å². The minimum Gasteiger partial charge on any atom is -0.455 e. The van der Waals surface area contributed by atoms with E-state index in [1.807, 2.05) is 12.1 Å². The molecule has 0 unspecified atom stereocenters. The van der Waals surface area contributed by atoms with E-state index in [4.69, 9.17) is 8.83 Å². The molecule has 11 aromatic rings. The SMILES string of the molecule is c1ccc(-c2oc3ccc4c5cc(-c6c7ccccc7c(-c7cccc8ccccc78)c7ccccc67)ccc5oc4c3c2-c2ccccc2)cc1. The lowest BCUT2D eigenvalue weighted by Crippen LogP contribution is -1.91. The fraction of sp³-hybridized carbons (Fsp3) is 0. The van der Waals surface area contributed by atoms with Gasteiger partial charge in [0.2, 0.25) is 0 Å². The monoisotopic (exact) mass is 662 g/mol. The van der Waals surface area contributed by atoms with Gasteiger partial charge in [0.15, 0.2) is 0 Å². The Hall–Kier alpha value is -6.90. The third kappa shape index (κ3) is 4.25. The summed E-state index contributed by atoms with van der Waals surface area (Å²) in [6.07, 6.45) is 0. The molecular weight excluding hydrogens is 633 g/mol. The predicted molar refractivity (Wildman–Crippen MR) is 218 cm³/mol. The van der Waals surface area contributed by atoms with Crippen LogP contribution in [0.2, 0.25) is 0 Å². The molecular formula is C50H30O2. The van der Waals surface area contributed by atoms with E-state index in [9.17, 15) is 0 Å². The average molecular weight is 663 g/mol. The minimum absolute atomic E-state index is 0.811. The Morgan fingerprint density at radius 2 is 0.885 bits per heavy atom. The smallest absolute Gasteiger partial charge is 0.147 e. The molecule has 2 aromatic heterocycles. The van der Waals surface area contributed by atoms with Crippen LogP contribution in [0, 0.1) is 0 Å². The zero-order chi connectivity index (χ0) is 34.2. The van der Waals surface area contributed by atoms with Crippen LogP contribution in [0.25, 0.3) is 110 Å². The molecule has 52 heavy (non-hydrogen) atoms. The number of furan rings is 2. The van der Waals surface area contributed by atoms with Crippen LogP contribution >= 0.6 is 0 Å². The van der Waals surface area contributed by atoms with Gasteiger partial charge in [-0.25, -0.2) is 0 Å². The number of fused-ring (bicyclic) bond motifs is 8. The van der Waals surface area contributed by atoms with E-state index < -0.39 is 0 Å². The van der Waals surface area contributed by atoms with Crippen LogP contribution in [0.15, 0.2) is 191 Å². The quantitative estimate of drug-likeness (QED) is 0.175. The van der Waals surface area contributed by atoms with Gasteiger partial charge < -0.3 is 8.83 Å². The van der Waals surface area contributed by atoms with Gasteiger partial charge in [-0.3, -0.25) is 0 Å². The maximum atomic E-state index is 6.80. The third-order valence-electron chi connectivity index (χ3n) is 10.7. The molecule has 2 heterocycles. The van der Waals surface area contributed by atoms with Crippen molar-refractivity contribution in [1.29, 1.82) is 0 Å². The van der Waals surface area contributed by atoms with E-state index in [1.165, 1.54) is 49.0 Å². The van der Waals surface area contributed by atoms with Crippen molar-refractivity contribution < 1.29 is 8.83 Å². The molecule has 0 bridgehead atoms. The second-order valence-corrected chi connectivity index (χ2v) is 13.5. The van der Waals surface area contributed by atoms with E-state index >= 15 is 0 Å². The van der Waals surface area contributed by atoms with Crippen LogP contribution in [0.4, 0.5) is 0 Å². The summed E-state index contributed by atoms with van der Waals surface area (Å²) in [5, 5.41) is 10.6. The molecule has 0 aliphatic carbocycles. The molecule has 0 aliphatic rings. The maximum absolute atomic E-state index is 6.80. The number of benzene rings is 9. The minimum atomic E-state index is 0.811. The lowest BCUT2D eigenvalue weighted by molar-refractivity contribution is 0.631. The van der Waals surface area contributed by atoms with E-state index in [0.717, 1.165) is 60.9 Å². The molecule has 9 aromatic carbocycles. The fourth-order valence-corrected chi connectivity index (χ4v) is 8.42. The van der Waals surface area contributed by atoms with Crippen molar-refractivity contribution in [2.75, 3.05) is 0 Å². The molecule has 242 valence electrons. The van der Waals surface area contributed by atoms with Crippen LogP contribution in [0.3, 0.4) is 0 Å². The summed E-state index contributed by atoms with van der Waals surface area (Å²) in [4.78, 5) is 0. The highest BCUT2D eigenvalue weighted by Crippen LogP contribution is 2.48. The Kier molecular flexibility index (Phi) is 6.28. The molecule has 0 aliphatic heterocycles. The van der Waals surface area contributed by atoms with Crippen LogP contribution < -0.4 is 0 Å². The summed E-state index contributed by atoms with van der Waals surface area (Å²) in [6.45, 7) is 0. The first-order chi connectivity index (χ1) is 25.8. The highest BCUT2D eigenvalue weighted by molar-refractivity contribution is 6.25. The van der Waals surface area contributed by atoms with Crippen molar-refractivity contribution >= 4 is 65.2 Å². The molecule has 0 radical (unpaired) electrons. The zero-order valence-corrected chi connectivity index (χ0v) is 28.1. The number of hydrogen-bond donors (Lipinski definition) is 0. The second-order valence-electron chi connectivity index (χ2n) is 13.5. The Labute approximate surface area is 299 Å². The standard InChI is InChI=1S/C50H30O2/c1-3-15-32(16-4-1)46-48-44(52-49(46)33-17-5-2-6-18-33)29-27-41-42-30-34(26-28-43(42)51-50(41)48)45-37-21-9-11-23-39(37)47(40-24-12-10-22-38(40)45)36-25-13-19-31-14-7-8-20-35(31)36/h1-30H. The lowest BCUT2D eigenvalue weighted by Gasteiger charge is -2.18. The van der Waals surface area contributed by atoms with Crippen LogP contribution in [-0.4, -0.2) is 0 Å². The van der Waals surface area contributed by atoms with Crippen molar-refractivity contribution in [2.24, 2.45) is 0 Å². The van der Waals surface area contributed by atoms with Gasteiger partial charge in [0.25, 0.3) is 0 Å². The summed E-state index contributed by atoms with van der Waals surface area (Å²) < 4.78 is 13.4. The van der Waals surface area contributed by atoms with Crippen molar-refractivity contribution in [3.05, 3.63) is 182 Å². The summed E-state index contributed by atoms with van der Waals surface area (Å²) in [7, 11) is 0. The third-order valence-corrected chi connectivity index (χ3v) is 10.7. The lowest BCUT2D eigenvalue weighted by atomic mass is 9.84. The molecule has 2 heteroatoms. The molecule has 0 saturated heterocycles. The molecule has 0 atom stereocenters. The second kappa shape index (κ2) is 11.3. The number of hydrogen-bond acceptors (Lipinski definition) is 2. The molecule has 0 spiro atoms. The van der Waals surface area contributed by atoms with Gasteiger partial charge in [0.1, 0.15) is 22.5 Å². The van der Waals surface area contributed by atoms with E-state index in [1.54, 1.807) is 0 Å². The largest absolute Gasteiger partial charge is 0.455 e. The van der Waals surface area contributed by atoms with Crippen molar-refractivity contribution in [1.82, 2.24) is 0 Å².